The number of aromatic nitrogens is 7. The van der Waals surface area contributed by atoms with Crippen LogP contribution in [0.1, 0.15) is 52.4 Å². The normalized spacial score (nSPS) is 23.9. The van der Waals surface area contributed by atoms with E-state index >= 15 is 0 Å². The number of aromatic amines is 1. The zero-order valence-corrected chi connectivity index (χ0v) is 23.2. The number of nitrogens with one attached hydrogen (secondary N) is 1. The molecule has 0 aromatic carbocycles. The van der Waals surface area contributed by atoms with Crippen LogP contribution in [-0.4, -0.2) is 60.5 Å². The zero-order valence-electron chi connectivity index (χ0n) is 22.4. The summed E-state index contributed by atoms with van der Waals surface area (Å²) >= 11 is 6.36. The molecule has 2 aliphatic rings. The van der Waals surface area contributed by atoms with Crippen LogP contribution in [0.4, 0.5) is 5.95 Å². The number of hydrogen-bond donors (Lipinski definition) is 1. The molecule has 1 aliphatic carbocycles. The van der Waals surface area contributed by atoms with E-state index in [9.17, 15) is 4.79 Å². The lowest BCUT2D eigenvalue weighted by molar-refractivity contribution is 0.0716. The number of methoxy groups -OCH3 is 1. The van der Waals surface area contributed by atoms with Crippen molar-refractivity contribution in [3.63, 3.8) is 0 Å². The quantitative estimate of drug-likeness (QED) is 0.361. The average Bonchev–Trinajstić information content (AvgIpc) is 3.53. The second-order valence-corrected chi connectivity index (χ2v) is 11.4. The van der Waals surface area contributed by atoms with Gasteiger partial charge in [0.25, 0.3) is 5.89 Å². The Bertz CT molecular complexity index is 1520. The topological polar surface area (TPSA) is 128 Å². The molecule has 0 bridgehead atoms. The van der Waals surface area contributed by atoms with Gasteiger partial charge in [-0.05, 0) is 50.5 Å². The Kier molecular flexibility index (Phi) is 7.11. The van der Waals surface area contributed by atoms with Gasteiger partial charge >= 0.3 is 5.76 Å². The van der Waals surface area contributed by atoms with E-state index in [1.807, 2.05) is 6.07 Å². The highest BCUT2D eigenvalue weighted by molar-refractivity contribution is 6.30. The van der Waals surface area contributed by atoms with Gasteiger partial charge in [0.1, 0.15) is 11.2 Å². The molecule has 206 valence electrons. The highest BCUT2D eigenvalue weighted by atomic mass is 35.5. The molecule has 0 spiro atoms. The van der Waals surface area contributed by atoms with Crippen LogP contribution in [-0.2, 0) is 11.3 Å². The molecule has 0 amide bonds. The van der Waals surface area contributed by atoms with E-state index < -0.39 is 5.76 Å². The second kappa shape index (κ2) is 10.7. The summed E-state index contributed by atoms with van der Waals surface area (Å²) in [6, 6.07) is 2.06. The number of piperidine rings is 1. The van der Waals surface area contributed by atoms with Crippen molar-refractivity contribution in [2.45, 2.75) is 71.1 Å². The van der Waals surface area contributed by atoms with Crippen LogP contribution < -0.4 is 10.7 Å². The third-order valence-corrected chi connectivity index (χ3v) is 8.39. The van der Waals surface area contributed by atoms with E-state index in [4.69, 9.17) is 35.7 Å². The second-order valence-electron chi connectivity index (χ2n) is 11.0. The van der Waals surface area contributed by atoms with Gasteiger partial charge in [-0.1, -0.05) is 31.4 Å². The molecule has 5 heterocycles. The predicted molar refractivity (Wildman–Crippen MR) is 148 cm³/mol. The van der Waals surface area contributed by atoms with Crippen molar-refractivity contribution in [2.75, 3.05) is 18.6 Å². The number of H-pyrrole nitrogens is 1. The number of rotatable bonds is 6. The van der Waals surface area contributed by atoms with Crippen LogP contribution >= 0.6 is 11.6 Å². The Morgan fingerprint density at radius 3 is 2.64 bits per heavy atom. The summed E-state index contributed by atoms with van der Waals surface area (Å²) in [4.78, 5) is 33.1. The number of anilines is 1. The number of ether oxygens (including phenoxy) is 1. The van der Waals surface area contributed by atoms with E-state index in [1.54, 1.807) is 19.5 Å². The van der Waals surface area contributed by atoms with E-state index in [-0.39, 0.29) is 23.9 Å². The first-order valence-corrected chi connectivity index (χ1v) is 14.0. The molecule has 1 aliphatic heterocycles. The Labute approximate surface area is 231 Å². The van der Waals surface area contributed by atoms with Crippen LogP contribution in [0.2, 0.25) is 5.02 Å². The number of pyridine rings is 1. The van der Waals surface area contributed by atoms with Crippen molar-refractivity contribution < 1.29 is 9.15 Å². The first kappa shape index (κ1) is 25.9. The fourth-order valence-electron chi connectivity index (χ4n) is 5.99. The average molecular weight is 553 g/mol. The molecule has 1 saturated heterocycles. The predicted octanol–water partition coefficient (Wildman–Crippen LogP) is 4.72. The van der Waals surface area contributed by atoms with Gasteiger partial charge in [-0.25, -0.2) is 19.9 Å². The number of nitrogens with zero attached hydrogens (tertiary/aromatic N) is 7. The minimum Gasteiger partial charge on any atom is -0.384 e. The van der Waals surface area contributed by atoms with Gasteiger partial charge in [-0.3, -0.25) is 4.98 Å². The summed E-state index contributed by atoms with van der Waals surface area (Å²) in [6.07, 6.45) is 10.2. The van der Waals surface area contributed by atoms with Crippen molar-refractivity contribution in [3.05, 3.63) is 34.0 Å². The molecular weight excluding hydrogens is 520 g/mol. The van der Waals surface area contributed by atoms with Gasteiger partial charge in [0.05, 0.1) is 11.1 Å². The lowest BCUT2D eigenvalue weighted by Crippen LogP contribution is -2.44. The molecule has 4 aromatic heterocycles. The standard InChI is InChI=1S/C27H33ClN8O3/c1-15-4-6-17(7-5-15)14-36-22-21(18-11-19(28)13-29-12-18)30-24(25-33-34-27(37)39-25)31-23(22)32-26(36)35-9-8-20(38-3)10-16(35)2/h11-13,15-17,20H,4-10,14H2,1-3H3,(H,34,37)/t15-,16-,17-,20+/m1/s1. The van der Waals surface area contributed by atoms with Crippen molar-refractivity contribution in [1.82, 2.24) is 34.7 Å². The smallest absolute Gasteiger partial charge is 0.384 e. The molecule has 6 rings (SSSR count). The summed E-state index contributed by atoms with van der Waals surface area (Å²) in [5, 5.41) is 6.75. The summed E-state index contributed by atoms with van der Waals surface area (Å²) in [6.45, 7) is 6.20. The molecule has 2 fully saturated rings. The van der Waals surface area contributed by atoms with Crippen LogP contribution in [0.15, 0.2) is 27.7 Å². The highest BCUT2D eigenvalue weighted by Crippen LogP contribution is 2.37. The van der Waals surface area contributed by atoms with Gasteiger partial charge in [0.2, 0.25) is 11.8 Å². The maximum absolute atomic E-state index is 11.7. The molecule has 0 radical (unpaired) electrons. The van der Waals surface area contributed by atoms with Gasteiger partial charge in [0.15, 0.2) is 5.65 Å². The third kappa shape index (κ3) is 5.17. The Balaban J connectivity index is 1.55. The monoisotopic (exact) mass is 552 g/mol. The molecule has 2 atom stereocenters. The molecule has 39 heavy (non-hydrogen) atoms. The number of halogens is 1. The van der Waals surface area contributed by atoms with Gasteiger partial charge < -0.3 is 18.6 Å². The van der Waals surface area contributed by atoms with Gasteiger partial charge in [0, 0.05) is 44.2 Å². The highest BCUT2D eigenvalue weighted by Gasteiger charge is 2.32. The minimum absolute atomic E-state index is 0.00443. The molecular formula is C27H33ClN8O3. The minimum atomic E-state index is -0.674. The van der Waals surface area contributed by atoms with Gasteiger partial charge in [-0.2, -0.15) is 4.98 Å². The fourth-order valence-corrected chi connectivity index (χ4v) is 6.16. The SMILES string of the molecule is CO[C@H]1CCN(c2nc3nc(-c4n[nH]c(=O)o4)nc(-c4cncc(Cl)c4)c3n2C[C@H]2CC[C@H](C)CC2)[C@H](C)C1. The molecule has 0 unspecified atom stereocenters. The molecule has 1 saturated carbocycles. The first-order chi connectivity index (χ1) is 18.9. The van der Waals surface area contributed by atoms with Crippen LogP contribution in [0.5, 0.6) is 0 Å². The fraction of sp³-hybridized carbons (Fsp3) is 0.556. The van der Waals surface area contributed by atoms with Crippen LogP contribution in [0.3, 0.4) is 0 Å². The molecule has 12 heteroatoms. The zero-order chi connectivity index (χ0) is 27.1. The Hall–Kier alpha value is -3.31. The molecule has 4 aromatic rings. The lowest BCUT2D eigenvalue weighted by Gasteiger charge is -2.38. The Morgan fingerprint density at radius 2 is 1.95 bits per heavy atom. The summed E-state index contributed by atoms with van der Waals surface area (Å²) in [5.74, 6) is 1.66. The van der Waals surface area contributed by atoms with E-state index in [1.165, 1.54) is 25.7 Å². The van der Waals surface area contributed by atoms with Crippen molar-refractivity contribution >= 4 is 28.7 Å². The van der Waals surface area contributed by atoms with Crippen LogP contribution in [0, 0.1) is 11.8 Å². The molecule has 1 N–H and O–H groups in total. The first-order valence-electron chi connectivity index (χ1n) is 13.6. The lowest BCUT2D eigenvalue weighted by atomic mass is 9.83. The van der Waals surface area contributed by atoms with E-state index in [0.29, 0.717) is 22.3 Å². The number of imidazole rings is 1. The third-order valence-electron chi connectivity index (χ3n) is 8.19. The van der Waals surface area contributed by atoms with Crippen LogP contribution in [0.25, 0.3) is 34.1 Å². The van der Waals surface area contributed by atoms with E-state index in [2.05, 4.69) is 38.5 Å². The summed E-state index contributed by atoms with van der Waals surface area (Å²) < 4.78 is 13.2. The van der Waals surface area contributed by atoms with Gasteiger partial charge in [-0.15, -0.1) is 5.10 Å². The molecule has 11 nitrogen and oxygen atoms in total. The maximum Gasteiger partial charge on any atom is 0.434 e. The number of hydrogen-bond acceptors (Lipinski definition) is 9. The summed E-state index contributed by atoms with van der Waals surface area (Å²) in [7, 11) is 1.78. The van der Waals surface area contributed by atoms with Crippen molar-refractivity contribution in [2.24, 2.45) is 11.8 Å². The van der Waals surface area contributed by atoms with E-state index in [0.717, 1.165) is 48.9 Å². The summed E-state index contributed by atoms with van der Waals surface area (Å²) in [5.41, 5.74) is 2.68. The van der Waals surface area contributed by atoms with Crippen molar-refractivity contribution in [3.8, 4) is 23.0 Å². The number of fused-ring (bicyclic) bond motifs is 1. The van der Waals surface area contributed by atoms with Crippen molar-refractivity contribution in [1.29, 1.82) is 0 Å². The maximum atomic E-state index is 11.7. The Morgan fingerprint density at radius 1 is 1.13 bits per heavy atom. The largest absolute Gasteiger partial charge is 0.434 e.